The Morgan fingerprint density at radius 1 is 1.36 bits per heavy atom. The molecule has 2 aliphatic rings. The monoisotopic (exact) mass is 303 g/mol. The zero-order chi connectivity index (χ0) is 15.7. The molecule has 0 saturated heterocycles. The molecule has 1 fully saturated rings. The Hall–Kier alpha value is -1.88. The van der Waals surface area contributed by atoms with Crippen LogP contribution in [0.5, 0.6) is 0 Å². The number of benzene rings is 1. The van der Waals surface area contributed by atoms with Gasteiger partial charge in [-0.25, -0.2) is 0 Å². The van der Waals surface area contributed by atoms with Crippen molar-refractivity contribution in [3.8, 4) is 0 Å². The van der Waals surface area contributed by atoms with Crippen LogP contribution in [-0.2, 0) is 22.6 Å². The van der Waals surface area contributed by atoms with Gasteiger partial charge in [0.05, 0.1) is 19.1 Å². The zero-order valence-electron chi connectivity index (χ0n) is 12.7. The second-order valence-electron chi connectivity index (χ2n) is 6.21. The first-order chi connectivity index (χ1) is 10.6. The van der Waals surface area contributed by atoms with Crippen molar-refractivity contribution < 1.29 is 19.4 Å². The molecule has 0 spiro atoms. The van der Waals surface area contributed by atoms with Gasteiger partial charge in [-0.2, -0.15) is 0 Å². The van der Waals surface area contributed by atoms with E-state index >= 15 is 0 Å². The Kier molecular flexibility index (Phi) is 4.16. The van der Waals surface area contributed by atoms with E-state index in [1.54, 1.807) is 11.8 Å². The summed E-state index contributed by atoms with van der Waals surface area (Å²) < 4.78 is 5.41. The predicted molar refractivity (Wildman–Crippen MR) is 80.7 cm³/mol. The van der Waals surface area contributed by atoms with Crippen molar-refractivity contribution in [1.82, 2.24) is 4.90 Å². The molecule has 5 nitrogen and oxygen atoms in total. The van der Waals surface area contributed by atoms with Crippen LogP contribution in [0.2, 0.25) is 0 Å². The summed E-state index contributed by atoms with van der Waals surface area (Å²) in [5.41, 5.74) is 2.96. The fourth-order valence-electron chi connectivity index (χ4n) is 2.82. The molecular formula is C17H21NO4. The van der Waals surface area contributed by atoms with E-state index in [1.165, 1.54) is 5.56 Å². The Balaban J connectivity index is 1.79. The average Bonchev–Trinajstić information content (AvgIpc) is 3.35. The molecule has 0 bridgehead atoms. The van der Waals surface area contributed by atoms with Gasteiger partial charge in [-0.15, -0.1) is 0 Å². The standard InChI is InChI=1S/C17H21NO4/c1-11(17(20)21)9-18(15-4-5-15)16(19)13-2-3-14-10-22-7-6-12(14)8-13/h2-3,8,11,15H,4-7,9-10H2,1H3,(H,20,21). The molecule has 1 unspecified atom stereocenters. The van der Waals surface area contributed by atoms with Gasteiger partial charge in [-0.1, -0.05) is 13.0 Å². The highest BCUT2D eigenvalue weighted by Gasteiger charge is 2.35. The largest absolute Gasteiger partial charge is 0.481 e. The van der Waals surface area contributed by atoms with Crippen LogP contribution in [0.4, 0.5) is 0 Å². The first-order valence-electron chi connectivity index (χ1n) is 7.79. The summed E-state index contributed by atoms with van der Waals surface area (Å²) in [6.45, 7) is 3.22. The molecule has 1 aliphatic heterocycles. The molecule has 3 rings (SSSR count). The van der Waals surface area contributed by atoms with Crippen LogP contribution >= 0.6 is 0 Å². The van der Waals surface area contributed by atoms with Crippen molar-refractivity contribution in [2.75, 3.05) is 13.2 Å². The molecule has 1 aromatic carbocycles. The van der Waals surface area contributed by atoms with Gasteiger partial charge in [-0.05, 0) is 42.5 Å². The number of ether oxygens (including phenoxy) is 1. The number of rotatable bonds is 5. The maximum absolute atomic E-state index is 12.8. The van der Waals surface area contributed by atoms with Crippen LogP contribution < -0.4 is 0 Å². The minimum Gasteiger partial charge on any atom is -0.481 e. The van der Waals surface area contributed by atoms with Gasteiger partial charge >= 0.3 is 5.97 Å². The number of amides is 1. The van der Waals surface area contributed by atoms with Gasteiger partial charge in [0, 0.05) is 18.2 Å². The SMILES string of the molecule is CC(CN(C(=O)c1ccc2c(c1)CCOC2)C1CC1)C(=O)O. The lowest BCUT2D eigenvalue weighted by atomic mass is 9.99. The van der Waals surface area contributed by atoms with E-state index < -0.39 is 11.9 Å². The van der Waals surface area contributed by atoms with Crippen LogP contribution in [0.3, 0.4) is 0 Å². The summed E-state index contributed by atoms with van der Waals surface area (Å²) in [4.78, 5) is 25.6. The third kappa shape index (κ3) is 3.14. The van der Waals surface area contributed by atoms with Crippen molar-refractivity contribution >= 4 is 11.9 Å². The molecule has 22 heavy (non-hydrogen) atoms. The molecule has 118 valence electrons. The Bertz CT molecular complexity index is 594. The minimum atomic E-state index is -0.860. The summed E-state index contributed by atoms with van der Waals surface area (Å²) in [5, 5.41) is 9.09. The molecule has 1 heterocycles. The molecule has 1 aromatic rings. The Morgan fingerprint density at radius 3 is 2.82 bits per heavy atom. The summed E-state index contributed by atoms with van der Waals surface area (Å²) in [6, 6.07) is 5.93. The van der Waals surface area contributed by atoms with Crippen LogP contribution in [0.25, 0.3) is 0 Å². The van der Waals surface area contributed by atoms with Crippen LogP contribution in [-0.4, -0.2) is 41.1 Å². The zero-order valence-corrected chi connectivity index (χ0v) is 12.7. The van der Waals surface area contributed by atoms with Crippen molar-refractivity contribution in [2.24, 2.45) is 5.92 Å². The molecule has 0 radical (unpaired) electrons. The lowest BCUT2D eigenvalue weighted by Gasteiger charge is -2.25. The summed E-state index contributed by atoms with van der Waals surface area (Å²) in [7, 11) is 0. The molecule has 1 atom stereocenters. The normalized spacial score (nSPS) is 18.4. The molecule has 1 saturated carbocycles. The molecular weight excluding hydrogens is 282 g/mol. The van der Waals surface area contributed by atoms with E-state index in [1.807, 2.05) is 18.2 Å². The molecule has 1 amide bonds. The van der Waals surface area contributed by atoms with Gasteiger partial charge in [-0.3, -0.25) is 9.59 Å². The number of hydrogen-bond donors (Lipinski definition) is 1. The number of nitrogens with zero attached hydrogens (tertiary/aromatic N) is 1. The minimum absolute atomic E-state index is 0.0510. The van der Waals surface area contributed by atoms with Gasteiger partial charge < -0.3 is 14.7 Å². The highest BCUT2D eigenvalue weighted by atomic mass is 16.5. The predicted octanol–water partition coefficient (Wildman–Crippen LogP) is 2.08. The van der Waals surface area contributed by atoms with E-state index in [0.717, 1.165) is 24.8 Å². The first-order valence-corrected chi connectivity index (χ1v) is 7.79. The fourth-order valence-corrected chi connectivity index (χ4v) is 2.82. The third-order valence-electron chi connectivity index (χ3n) is 4.37. The average molecular weight is 303 g/mol. The number of fused-ring (bicyclic) bond motifs is 1. The second kappa shape index (κ2) is 6.08. The number of carboxylic acids is 1. The van der Waals surface area contributed by atoms with Gasteiger partial charge in [0.1, 0.15) is 0 Å². The quantitative estimate of drug-likeness (QED) is 0.904. The lowest BCUT2D eigenvalue weighted by molar-refractivity contribution is -0.141. The first kappa shape index (κ1) is 15.0. The summed E-state index contributed by atoms with van der Waals surface area (Å²) in [6.07, 6.45) is 2.76. The molecule has 0 aromatic heterocycles. The Morgan fingerprint density at radius 2 is 2.14 bits per heavy atom. The van der Waals surface area contributed by atoms with Crippen LogP contribution in [0, 0.1) is 5.92 Å². The summed E-state index contributed by atoms with van der Waals surface area (Å²) in [5.74, 6) is -1.46. The van der Waals surface area contributed by atoms with Crippen molar-refractivity contribution in [1.29, 1.82) is 0 Å². The van der Waals surface area contributed by atoms with E-state index in [2.05, 4.69) is 0 Å². The highest BCUT2D eigenvalue weighted by molar-refractivity contribution is 5.95. The van der Waals surface area contributed by atoms with Crippen molar-refractivity contribution in [3.63, 3.8) is 0 Å². The molecule has 1 N–H and O–H groups in total. The van der Waals surface area contributed by atoms with E-state index in [9.17, 15) is 9.59 Å². The lowest BCUT2D eigenvalue weighted by Crippen LogP contribution is -2.38. The molecule has 1 aliphatic carbocycles. The number of carbonyl (C=O) groups excluding carboxylic acids is 1. The maximum Gasteiger partial charge on any atom is 0.308 e. The van der Waals surface area contributed by atoms with E-state index in [0.29, 0.717) is 18.8 Å². The van der Waals surface area contributed by atoms with Crippen LogP contribution in [0.1, 0.15) is 41.3 Å². The summed E-state index contributed by atoms with van der Waals surface area (Å²) >= 11 is 0. The smallest absolute Gasteiger partial charge is 0.308 e. The van der Waals surface area contributed by atoms with Crippen LogP contribution in [0.15, 0.2) is 18.2 Å². The van der Waals surface area contributed by atoms with Crippen molar-refractivity contribution in [3.05, 3.63) is 34.9 Å². The topological polar surface area (TPSA) is 66.8 Å². The number of carboxylic acid groups (broad SMARTS) is 1. The van der Waals surface area contributed by atoms with E-state index in [4.69, 9.17) is 9.84 Å². The number of carbonyl (C=O) groups is 2. The number of hydrogen-bond acceptors (Lipinski definition) is 3. The van der Waals surface area contributed by atoms with Gasteiger partial charge in [0.15, 0.2) is 0 Å². The maximum atomic E-state index is 12.8. The number of aliphatic carboxylic acids is 1. The Labute approximate surface area is 129 Å². The van der Waals surface area contributed by atoms with Gasteiger partial charge in [0.2, 0.25) is 0 Å². The highest BCUT2D eigenvalue weighted by Crippen LogP contribution is 2.30. The van der Waals surface area contributed by atoms with Gasteiger partial charge in [0.25, 0.3) is 5.91 Å². The molecule has 5 heteroatoms. The second-order valence-corrected chi connectivity index (χ2v) is 6.21. The fraction of sp³-hybridized carbons (Fsp3) is 0.529. The third-order valence-corrected chi connectivity index (χ3v) is 4.37. The van der Waals surface area contributed by atoms with E-state index in [-0.39, 0.29) is 18.5 Å². The van der Waals surface area contributed by atoms with Crippen molar-refractivity contribution in [2.45, 2.75) is 38.8 Å².